The number of hydrogen-bond acceptors (Lipinski definition) is 3. The maximum Gasteiger partial charge on any atom is 0.148 e. The monoisotopic (exact) mass is 256 g/mol. The highest BCUT2D eigenvalue weighted by atomic mass is 15.2. The van der Waals surface area contributed by atoms with Gasteiger partial charge in [-0.25, -0.2) is 0 Å². The fourth-order valence-electron chi connectivity index (χ4n) is 2.53. The van der Waals surface area contributed by atoms with Gasteiger partial charge in [0.05, 0.1) is 5.69 Å². The van der Waals surface area contributed by atoms with E-state index >= 15 is 0 Å². The van der Waals surface area contributed by atoms with Gasteiger partial charge in [-0.05, 0) is 44.5 Å². The van der Waals surface area contributed by atoms with Crippen molar-refractivity contribution in [3.63, 3.8) is 0 Å². The number of piperidine rings is 1. The van der Waals surface area contributed by atoms with Gasteiger partial charge in [0, 0.05) is 12.1 Å². The molecule has 0 unspecified atom stereocenters. The van der Waals surface area contributed by atoms with Crippen LogP contribution in [0.15, 0.2) is 30.3 Å². The first kappa shape index (κ1) is 12.2. The largest absolute Gasteiger partial charge is 0.366 e. The molecule has 4 nitrogen and oxygen atoms in total. The Balaban J connectivity index is 1.72. The van der Waals surface area contributed by atoms with Gasteiger partial charge in [-0.3, -0.25) is 5.10 Å². The van der Waals surface area contributed by atoms with Gasteiger partial charge in [-0.1, -0.05) is 23.8 Å². The maximum absolute atomic E-state index is 4.36. The Labute approximate surface area is 113 Å². The lowest BCUT2D eigenvalue weighted by atomic mass is 10.1. The van der Waals surface area contributed by atoms with Gasteiger partial charge in [-0.15, -0.1) is 0 Å². The van der Waals surface area contributed by atoms with Crippen LogP contribution in [0.5, 0.6) is 0 Å². The minimum atomic E-state index is 0.537. The Morgan fingerprint density at radius 2 is 2.05 bits per heavy atom. The van der Waals surface area contributed by atoms with Gasteiger partial charge in [0.2, 0.25) is 0 Å². The van der Waals surface area contributed by atoms with E-state index < -0.39 is 0 Å². The van der Waals surface area contributed by atoms with Crippen LogP contribution in [0.3, 0.4) is 0 Å². The summed E-state index contributed by atoms with van der Waals surface area (Å²) < 4.78 is 0. The number of aromatic amines is 1. The van der Waals surface area contributed by atoms with Crippen LogP contribution in [0.25, 0.3) is 11.3 Å². The van der Waals surface area contributed by atoms with Crippen molar-refractivity contribution in [3.05, 3.63) is 35.9 Å². The van der Waals surface area contributed by atoms with Gasteiger partial charge in [0.25, 0.3) is 0 Å². The van der Waals surface area contributed by atoms with Crippen LogP contribution in [0.2, 0.25) is 0 Å². The number of H-pyrrole nitrogens is 1. The molecule has 3 N–H and O–H groups in total. The molecule has 2 aromatic rings. The van der Waals surface area contributed by atoms with Crippen LogP contribution >= 0.6 is 0 Å². The zero-order valence-corrected chi connectivity index (χ0v) is 11.2. The number of rotatable bonds is 3. The number of nitrogens with one attached hydrogen (secondary N) is 3. The standard InChI is InChI=1S/C15H20N4/c1-11-3-2-4-12(9-11)14-10-15(19-18-14)17-13-5-7-16-8-6-13/h2-4,9-10,13,16H,5-8H2,1H3,(H2,17,18,19). The third-order valence-corrected chi connectivity index (χ3v) is 3.60. The van der Waals surface area contributed by atoms with E-state index in [-0.39, 0.29) is 0 Å². The molecule has 2 heterocycles. The molecule has 0 spiro atoms. The highest BCUT2D eigenvalue weighted by molar-refractivity contribution is 5.63. The third-order valence-electron chi connectivity index (χ3n) is 3.60. The zero-order valence-electron chi connectivity index (χ0n) is 11.2. The van der Waals surface area contributed by atoms with E-state index in [0.717, 1.165) is 37.4 Å². The minimum Gasteiger partial charge on any atom is -0.366 e. The van der Waals surface area contributed by atoms with Crippen molar-refractivity contribution < 1.29 is 0 Å². The normalized spacial score (nSPS) is 16.5. The number of aryl methyl sites for hydroxylation is 1. The summed E-state index contributed by atoms with van der Waals surface area (Å²) in [4.78, 5) is 0. The average Bonchev–Trinajstić information content (AvgIpc) is 2.88. The number of anilines is 1. The van der Waals surface area contributed by atoms with E-state index in [4.69, 9.17) is 0 Å². The van der Waals surface area contributed by atoms with Gasteiger partial charge in [0.1, 0.15) is 5.82 Å². The fraction of sp³-hybridized carbons (Fsp3) is 0.400. The summed E-state index contributed by atoms with van der Waals surface area (Å²) >= 11 is 0. The SMILES string of the molecule is Cc1cccc(-c2cc(NC3CCNCC3)n[nH]2)c1. The van der Waals surface area contributed by atoms with Crippen LogP contribution in [-0.4, -0.2) is 29.3 Å². The summed E-state index contributed by atoms with van der Waals surface area (Å²) in [5.74, 6) is 0.948. The fourth-order valence-corrected chi connectivity index (χ4v) is 2.53. The molecule has 0 amide bonds. The lowest BCUT2D eigenvalue weighted by Gasteiger charge is -2.23. The Morgan fingerprint density at radius 1 is 1.21 bits per heavy atom. The van der Waals surface area contributed by atoms with Gasteiger partial charge >= 0.3 is 0 Å². The van der Waals surface area contributed by atoms with Crippen molar-refractivity contribution in [1.82, 2.24) is 15.5 Å². The van der Waals surface area contributed by atoms with Crippen molar-refractivity contribution in [2.75, 3.05) is 18.4 Å². The number of hydrogen-bond donors (Lipinski definition) is 3. The second-order valence-corrected chi connectivity index (χ2v) is 5.20. The summed E-state index contributed by atoms with van der Waals surface area (Å²) in [7, 11) is 0. The number of aromatic nitrogens is 2. The van der Waals surface area contributed by atoms with Crippen molar-refractivity contribution in [2.24, 2.45) is 0 Å². The van der Waals surface area contributed by atoms with Crippen LogP contribution in [0.4, 0.5) is 5.82 Å². The van der Waals surface area contributed by atoms with Gasteiger partial charge in [-0.2, -0.15) is 5.10 Å². The summed E-state index contributed by atoms with van der Waals surface area (Å²) in [5, 5.41) is 14.3. The molecule has 0 radical (unpaired) electrons. The Kier molecular flexibility index (Phi) is 3.51. The Bertz CT molecular complexity index is 541. The van der Waals surface area contributed by atoms with E-state index in [1.807, 2.05) is 0 Å². The highest BCUT2D eigenvalue weighted by Gasteiger charge is 2.14. The summed E-state index contributed by atoms with van der Waals surface area (Å²) in [6, 6.07) is 11.1. The van der Waals surface area contributed by atoms with E-state index in [0.29, 0.717) is 6.04 Å². The topological polar surface area (TPSA) is 52.7 Å². The molecule has 4 heteroatoms. The van der Waals surface area contributed by atoms with Crippen molar-refractivity contribution in [1.29, 1.82) is 0 Å². The zero-order chi connectivity index (χ0) is 13.1. The Morgan fingerprint density at radius 3 is 2.84 bits per heavy atom. The second kappa shape index (κ2) is 5.45. The quantitative estimate of drug-likeness (QED) is 0.791. The van der Waals surface area contributed by atoms with Crippen LogP contribution in [0, 0.1) is 6.92 Å². The first-order valence-corrected chi connectivity index (χ1v) is 6.91. The van der Waals surface area contributed by atoms with Gasteiger partial charge in [0.15, 0.2) is 0 Å². The van der Waals surface area contributed by atoms with E-state index in [1.54, 1.807) is 0 Å². The molecule has 0 saturated carbocycles. The summed E-state index contributed by atoms with van der Waals surface area (Å²) in [6.45, 7) is 4.29. The van der Waals surface area contributed by atoms with E-state index in [9.17, 15) is 0 Å². The lowest BCUT2D eigenvalue weighted by Crippen LogP contribution is -2.35. The third kappa shape index (κ3) is 2.96. The molecule has 0 atom stereocenters. The van der Waals surface area contributed by atoms with Crippen molar-refractivity contribution in [3.8, 4) is 11.3 Å². The Hall–Kier alpha value is -1.81. The number of nitrogens with zero attached hydrogens (tertiary/aromatic N) is 1. The molecule has 1 aliphatic rings. The van der Waals surface area contributed by atoms with Crippen molar-refractivity contribution >= 4 is 5.82 Å². The highest BCUT2D eigenvalue weighted by Crippen LogP contribution is 2.21. The molecule has 1 aromatic carbocycles. The molecule has 0 bridgehead atoms. The van der Waals surface area contributed by atoms with Crippen LogP contribution in [-0.2, 0) is 0 Å². The molecule has 1 fully saturated rings. The molecule has 1 aromatic heterocycles. The molecule has 1 aliphatic heterocycles. The van der Waals surface area contributed by atoms with Gasteiger partial charge < -0.3 is 10.6 Å². The van der Waals surface area contributed by atoms with Crippen molar-refractivity contribution in [2.45, 2.75) is 25.8 Å². The maximum atomic E-state index is 4.36. The molecular weight excluding hydrogens is 236 g/mol. The first-order chi connectivity index (χ1) is 9.31. The average molecular weight is 256 g/mol. The lowest BCUT2D eigenvalue weighted by molar-refractivity contribution is 0.478. The smallest absolute Gasteiger partial charge is 0.148 e. The summed E-state index contributed by atoms with van der Waals surface area (Å²) in [6.07, 6.45) is 2.32. The predicted octanol–water partition coefficient (Wildman–Crippen LogP) is 2.55. The first-order valence-electron chi connectivity index (χ1n) is 6.91. The second-order valence-electron chi connectivity index (χ2n) is 5.20. The molecular formula is C15H20N4. The molecule has 100 valence electrons. The predicted molar refractivity (Wildman–Crippen MR) is 78.3 cm³/mol. The van der Waals surface area contributed by atoms with Crippen LogP contribution < -0.4 is 10.6 Å². The van der Waals surface area contributed by atoms with Crippen LogP contribution in [0.1, 0.15) is 18.4 Å². The van der Waals surface area contributed by atoms with E-state index in [1.165, 1.54) is 11.1 Å². The molecule has 0 aliphatic carbocycles. The molecule has 1 saturated heterocycles. The minimum absolute atomic E-state index is 0.537. The molecule has 3 rings (SSSR count). The summed E-state index contributed by atoms with van der Waals surface area (Å²) in [5.41, 5.74) is 3.52. The van der Waals surface area contributed by atoms with E-state index in [2.05, 4.69) is 58.1 Å². The number of benzene rings is 1. The molecule has 19 heavy (non-hydrogen) atoms.